The molecule has 0 aromatic heterocycles. The Labute approximate surface area is 143 Å². The number of nitrogens with two attached hydrogens (primary N) is 4. The first-order chi connectivity index (χ1) is 11.3. The molecule has 12 N–H and O–H groups in total. The molecule has 13 nitrogen and oxygen atoms in total. The molecule has 0 aromatic rings. The van der Waals surface area contributed by atoms with Gasteiger partial charge in [0.2, 0.25) is 0 Å². The number of carboxylic acid groups (broad SMARTS) is 2. The lowest BCUT2D eigenvalue weighted by Crippen LogP contribution is -2.42. The van der Waals surface area contributed by atoms with Gasteiger partial charge >= 0.3 is 23.9 Å². The van der Waals surface area contributed by atoms with Gasteiger partial charge in [-0.05, 0) is 13.8 Å². The number of hydrogen-bond acceptors (Lipinski definition) is 11. The minimum Gasteiger partial charge on any atom is -0.480 e. The largest absolute Gasteiger partial charge is 0.480 e. The van der Waals surface area contributed by atoms with Gasteiger partial charge in [-0.25, -0.2) is 4.79 Å². The summed E-state index contributed by atoms with van der Waals surface area (Å²) in [6.45, 7) is 1.84. The highest BCUT2D eigenvalue weighted by Crippen LogP contribution is 1.92. The van der Waals surface area contributed by atoms with Crippen molar-refractivity contribution in [2.45, 2.75) is 38.1 Å². The lowest BCUT2D eigenvalue weighted by molar-refractivity contribution is -0.161. The lowest BCUT2D eigenvalue weighted by atomic mass is 10.2. The van der Waals surface area contributed by atoms with E-state index in [-0.39, 0.29) is 0 Å². The maximum absolute atomic E-state index is 10.8. The molecule has 0 fully saturated rings. The molecule has 4 atom stereocenters. The smallest absolute Gasteiger partial charge is 0.333 e. The molecule has 0 radical (unpaired) electrons. The number of aliphatic hydroxyl groups is 2. The molecule has 0 unspecified atom stereocenters. The van der Waals surface area contributed by atoms with Crippen molar-refractivity contribution in [3.63, 3.8) is 0 Å². The van der Waals surface area contributed by atoms with Gasteiger partial charge in [0.15, 0.2) is 0 Å². The standard InChI is InChI=1S/C6H12N2O4.C3H7NO3.C3H7NO2/c1-3(9)5(8)6(11)12-4(10)2-7;4-2(1-5)3(6)7;1-2(4)3(5)6/h3,5,9H,2,7-8H2,1H3;2,5H,1,4H2,(H,6,7);2H,4H2,1H3,(H,5,6)/t3-,5+;2*2-/m100/s1. The molecule has 0 rings (SSSR count). The van der Waals surface area contributed by atoms with Crippen LogP contribution < -0.4 is 22.9 Å². The lowest BCUT2D eigenvalue weighted by Gasteiger charge is -2.11. The molecule has 148 valence electrons. The first kappa shape index (κ1) is 27.7. The Morgan fingerprint density at radius 3 is 1.56 bits per heavy atom. The van der Waals surface area contributed by atoms with Crippen molar-refractivity contribution in [2.75, 3.05) is 13.2 Å². The normalized spacial score (nSPS) is 14.2. The van der Waals surface area contributed by atoms with Crippen LogP contribution in [0.25, 0.3) is 0 Å². The van der Waals surface area contributed by atoms with E-state index in [0.717, 1.165) is 0 Å². The quantitative estimate of drug-likeness (QED) is 0.162. The number of hydrogen-bond donors (Lipinski definition) is 8. The average Bonchev–Trinajstić information content (AvgIpc) is 2.53. The monoisotopic (exact) mass is 370 g/mol. The number of carbonyl (C=O) groups excluding carboxylic acids is 2. The summed E-state index contributed by atoms with van der Waals surface area (Å²) in [5.74, 6) is -3.98. The fourth-order valence-corrected chi connectivity index (χ4v) is 0.497. The van der Waals surface area contributed by atoms with Crippen molar-refractivity contribution < 1.29 is 44.3 Å². The van der Waals surface area contributed by atoms with Gasteiger partial charge < -0.3 is 48.1 Å². The van der Waals surface area contributed by atoms with Crippen LogP contribution in [0.1, 0.15) is 13.8 Å². The molecule has 0 bridgehead atoms. The first-order valence-electron chi connectivity index (χ1n) is 6.77. The van der Waals surface area contributed by atoms with Gasteiger partial charge in [0, 0.05) is 0 Å². The van der Waals surface area contributed by atoms with E-state index in [2.05, 4.69) is 4.74 Å². The van der Waals surface area contributed by atoms with Crippen LogP contribution in [0.5, 0.6) is 0 Å². The van der Waals surface area contributed by atoms with Crippen molar-refractivity contribution in [1.82, 2.24) is 0 Å². The molecular formula is C12H26N4O9. The average molecular weight is 370 g/mol. The Morgan fingerprint density at radius 1 is 1.00 bits per heavy atom. The van der Waals surface area contributed by atoms with E-state index in [9.17, 15) is 19.2 Å². The highest BCUT2D eigenvalue weighted by Gasteiger charge is 2.22. The number of rotatable bonds is 6. The van der Waals surface area contributed by atoms with Crippen LogP contribution in [-0.4, -0.2) is 81.7 Å². The van der Waals surface area contributed by atoms with Crippen molar-refractivity contribution >= 4 is 23.9 Å². The maximum Gasteiger partial charge on any atom is 0.333 e. The van der Waals surface area contributed by atoms with E-state index in [0.29, 0.717) is 0 Å². The topological polar surface area (TPSA) is 263 Å². The maximum atomic E-state index is 10.8. The molecule has 0 amide bonds. The number of aliphatic hydroxyl groups excluding tert-OH is 2. The Morgan fingerprint density at radius 2 is 1.40 bits per heavy atom. The van der Waals surface area contributed by atoms with Crippen molar-refractivity contribution in [1.29, 1.82) is 0 Å². The molecule has 0 aromatic carbocycles. The summed E-state index contributed by atoms with van der Waals surface area (Å²) in [6, 6.07) is -3.06. The van der Waals surface area contributed by atoms with Crippen LogP contribution in [0.3, 0.4) is 0 Å². The van der Waals surface area contributed by atoms with Crippen LogP contribution in [0, 0.1) is 0 Å². The fraction of sp³-hybridized carbons (Fsp3) is 0.667. The van der Waals surface area contributed by atoms with Crippen molar-refractivity contribution in [2.24, 2.45) is 22.9 Å². The van der Waals surface area contributed by atoms with Crippen LogP contribution >= 0.6 is 0 Å². The molecule has 0 heterocycles. The third-order valence-corrected chi connectivity index (χ3v) is 2.08. The first-order valence-corrected chi connectivity index (χ1v) is 6.77. The van der Waals surface area contributed by atoms with Gasteiger partial charge in [0.25, 0.3) is 0 Å². The zero-order chi connectivity index (χ0) is 20.7. The summed E-state index contributed by atoms with van der Waals surface area (Å²) in [6.07, 6.45) is -1.05. The summed E-state index contributed by atoms with van der Waals surface area (Å²) in [5.41, 5.74) is 19.6. The van der Waals surface area contributed by atoms with E-state index in [4.69, 9.17) is 43.4 Å². The van der Waals surface area contributed by atoms with Crippen molar-refractivity contribution in [3.05, 3.63) is 0 Å². The number of esters is 2. The zero-order valence-corrected chi connectivity index (χ0v) is 13.9. The number of aliphatic carboxylic acids is 2. The minimum absolute atomic E-state index is 0.391. The number of carbonyl (C=O) groups is 4. The Bertz CT molecular complexity index is 429. The Balaban J connectivity index is -0.000000317. The summed E-state index contributed by atoms with van der Waals surface area (Å²) in [5, 5.41) is 32.6. The summed E-state index contributed by atoms with van der Waals surface area (Å²) >= 11 is 0. The van der Waals surface area contributed by atoms with Crippen molar-refractivity contribution in [3.8, 4) is 0 Å². The zero-order valence-electron chi connectivity index (χ0n) is 13.9. The van der Waals surface area contributed by atoms with Gasteiger partial charge in [-0.1, -0.05) is 0 Å². The second-order valence-electron chi connectivity index (χ2n) is 4.52. The van der Waals surface area contributed by atoms with E-state index < -0.39 is 61.3 Å². The molecule has 0 aliphatic heterocycles. The third-order valence-electron chi connectivity index (χ3n) is 2.08. The molecule has 0 aliphatic carbocycles. The van der Waals surface area contributed by atoms with Gasteiger partial charge in [-0.2, -0.15) is 0 Å². The van der Waals surface area contributed by atoms with Crippen LogP contribution in [0.4, 0.5) is 0 Å². The van der Waals surface area contributed by atoms with E-state index in [1.807, 2.05) is 0 Å². The van der Waals surface area contributed by atoms with Gasteiger partial charge in [-0.3, -0.25) is 14.4 Å². The second-order valence-corrected chi connectivity index (χ2v) is 4.52. The minimum atomic E-state index is -1.21. The molecule has 25 heavy (non-hydrogen) atoms. The third kappa shape index (κ3) is 18.0. The van der Waals surface area contributed by atoms with Crippen LogP contribution in [0.2, 0.25) is 0 Å². The predicted molar refractivity (Wildman–Crippen MR) is 83.8 cm³/mol. The van der Waals surface area contributed by atoms with E-state index in [1.165, 1.54) is 13.8 Å². The molecule has 0 aliphatic rings. The predicted octanol–water partition coefficient (Wildman–Crippen LogP) is -4.47. The number of carboxylic acids is 2. The van der Waals surface area contributed by atoms with E-state index in [1.54, 1.807) is 0 Å². The van der Waals surface area contributed by atoms with Gasteiger partial charge in [0.1, 0.15) is 18.1 Å². The fourth-order valence-electron chi connectivity index (χ4n) is 0.497. The molecule has 0 spiro atoms. The molecule has 0 saturated carbocycles. The van der Waals surface area contributed by atoms with Crippen LogP contribution in [0.15, 0.2) is 0 Å². The molecule has 0 saturated heterocycles. The summed E-state index contributed by atoms with van der Waals surface area (Å²) < 4.78 is 4.13. The second kappa shape index (κ2) is 15.4. The van der Waals surface area contributed by atoms with E-state index >= 15 is 0 Å². The highest BCUT2D eigenvalue weighted by molar-refractivity contribution is 5.89. The SMILES string of the molecule is C[C@@H](O)[C@H](N)C(=O)OC(=O)CN.C[C@H](N)C(=O)O.N[C@@H](CO)C(=O)O. The van der Waals surface area contributed by atoms with Gasteiger partial charge in [-0.15, -0.1) is 0 Å². The van der Waals surface area contributed by atoms with Crippen LogP contribution in [-0.2, 0) is 23.9 Å². The van der Waals surface area contributed by atoms with Gasteiger partial charge in [0.05, 0.1) is 19.3 Å². The Kier molecular flexibility index (Phi) is 17.0. The Hall–Kier alpha value is -2.16. The highest BCUT2D eigenvalue weighted by atomic mass is 16.6. The summed E-state index contributed by atoms with van der Waals surface area (Å²) in [4.78, 5) is 40.4. The molecule has 13 heteroatoms. The number of ether oxygens (including phenoxy) is 1. The molecular weight excluding hydrogens is 344 g/mol. The summed E-state index contributed by atoms with van der Waals surface area (Å²) in [7, 11) is 0.